The van der Waals surface area contributed by atoms with Gasteiger partial charge in [-0.1, -0.05) is 44.2 Å². The minimum atomic E-state index is -0.402. The van der Waals surface area contributed by atoms with Crippen molar-refractivity contribution in [2.45, 2.75) is 27.4 Å². The second kappa shape index (κ2) is 9.48. The molecule has 0 amide bonds. The van der Waals surface area contributed by atoms with Crippen LogP contribution in [0.5, 0.6) is 5.75 Å². The molecule has 3 rings (SSSR count). The van der Waals surface area contributed by atoms with Crippen LogP contribution in [0.15, 0.2) is 54.9 Å². The monoisotopic (exact) mass is 354 g/mol. The van der Waals surface area contributed by atoms with Crippen molar-refractivity contribution in [1.29, 1.82) is 0 Å². The second-order valence-electron chi connectivity index (χ2n) is 5.30. The zero-order chi connectivity index (χ0) is 18.9. The molecule has 6 heteroatoms. The van der Waals surface area contributed by atoms with E-state index in [0.29, 0.717) is 29.4 Å². The van der Waals surface area contributed by atoms with Crippen molar-refractivity contribution in [2.75, 3.05) is 5.43 Å². The number of aromatic nitrogens is 2. The number of aryl methyl sites for hydroxylation is 1. The normalized spacial score (nSPS) is 9.88. The summed E-state index contributed by atoms with van der Waals surface area (Å²) >= 11 is 0. The van der Waals surface area contributed by atoms with Gasteiger partial charge in [0.05, 0.1) is 18.1 Å². The number of nitrogens with two attached hydrogens (primary N) is 1. The van der Waals surface area contributed by atoms with Crippen LogP contribution in [-0.2, 0) is 6.61 Å². The number of hydrazine groups is 1. The van der Waals surface area contributed by atoms with Crippen LogP contribution in [0, 0.1) is 12.7 Å². The number of nitrogen functional groups attached to an aromatic ring is 1. The van der Waals surface area contributed by atoms with E-state index in [1.807, 2.05) is 51.1 Å². The van der Waals surface area contributed by atoms with E-state index in [4.69, 9.17) is 10.6 Å². The number of rotatable bonds is 5. The summed E-state index contributed by atoms with van der Waals surface area (Å²) in [5.74, 6) is 5.75. The highest BCUT2D eigenvalue weighted by Crippen LogP contribution is 2.29. The molecule has 0 saturated carbocycles. The summed E-state index contributed by atoms with van der Waals surface area (Å²) in [6.07, 6.45) is 2.93. The molecule has 136 valence electrons. The van der Waals surface area contributed by atoms with Gasteiger partial charge in [-0.3, -0.25) is 4.98 Å². The topological polar surface area (TPSA) is 73.1 Å². The van der Waals surface area contributed by atoms with E-state index in [9.17, 15) is 4.39 Å². The van der Waals surface area contributed by atoms with Crippen molar-refractivity contribution in [1.82, 2.24) is 9.97 Å². The smallest absolute Gasteiger partial charge is 0.158 e. The van der Waals surface area contributed by atoms with Gasteiger partial charge in [-0.15, -0.1) is 0 Å². The predicted molar refractivity (Wildman–Crippen MR) is 102 cm³/mol. The molecule has 0 bridgehead atoms. The number of anilines is 1. The van der Waals surface area contributed by atoms with Crippen LogP contribution in [0.1, 0.15) is 25.0 Å². The Morgan fingerprint density at radius 2 is 1.81 bits per heavy atom. The van der Waals surface area contributed by atoms with Gasteiger partial charge in [-0.2, -0.15) is 0 Å². The number of nitrogens with one attached hydrogen (secondary N) is 1. The van der Waals surface area contributed by atoms with E-state index in [1.165, 1.54) is 18.5 Å². The van der Waals surface area contributed by atoms with Crippen LogP contribution in [0.25, 0.3) is 11.3 Å². The summed E-state index contributed by atoms with van der Waals surface area (Å²) in [6, 6.07) is 12.9. The fourth-order valence-corrected chi connectivity index (χ4v) is 2.39. The van der Waals surface area contributed by atoms with Gasteiger partial charge in [0.25, 0.3) is 0 Å². The van der Waals surface area contributed by atoms with Gasteiger partial charge in [0, 0.05) is 11.6 Å². The summed E-state index contributed by atoms with van der Waals surface area (Å²) < 4.78 is 20.2. The Balaban J connectivity index is 0.00000117. The number of hydrogen-bond acceptors (Lipinski definition) is 5. The number of halogens is 1. The molecule has 3 aromatic rings. The third-order valence-electron chi connectivity index (χ3n) is 3.57. The lowest BCUT2D eigenvalue weighted by molar-refractivity contribution is 0.304. The largest absolute Gasteiger partial charge is 0.489 e. The minimum absolute atomic E-state index is 0.385. The van der Waals surface area contributed by atoms with Crippen LogP contribution < -0.4 is 16.0 Å². The molecule has 5 nitrogen and oxygen atoms in total. The van der Waals surface area contributed by atoms with Gasteiger partial charge in [-0.05, 0) is 24.1 Å². The summed E-state index contributed by atoms with van der Waals surface area (Å²) in [6.45, 7) is 6.19. The lowest BCUT2D eigenvalue weighted by Crippen LogP contribution is -2.08. The van der Waals surface area contributed by atoms with E-state index < -0.39 is 5.82 Å². The van der Waals surface area contributed by atoms with Gasteiger partial charge >= 0.3 is 0 Å². The maximum Gasteiger partial charge on any atom is 0.158 e. The van der Waals surface area contributed by atoms with E-state index in [-0.39, 0.29) is 0 Å². The van der Waals surface area contributed by atoms with Crippen LogP contribution in [0.4, 0.5) is 10.2 Å². The lowest BCUT2D eigenvalue weighted by Gasteiger charge is -2.11. The zero-order valence-electron chi connectivity index (χ0n) is 15.2. The van der Waals surface area contributed by atoms with Crippen LogP contribution in [0.2, 0.25) is 0 Å². The first kappa shape index (κ1) is 19.3. The fraction of sp³-hybridized carbons (Fsp3) is 0.200. The lowest BCUT2D eigenvalue weighted by atomic mass is 10.0. The molecule has 26 heavy (non-hydrogen) atoms. The molecule has 0 aliphatic rings. The molecule has 0 fully saturated rings. The van der Waals surface area contributed by atoms with E-state index >= 15 is 0 Å². The molecule has 1 aromatic heterocycles. The average Bonchev–Trinajstić information content (AvgIpc) is 2.69. The summed E-state index contributed by atoms with van der Waals surface area (Å²) in [5.41, 5.74) is 4.98. The first-order valence-electron chi connectivity index (χ1n) is 8.43. The van der Waals surface area contributed by atoms with E-state index in [2.05, 4.69) is 15.4 Å². The number of nitrogens with zero attached hydrogens (tertiary/aromatic N) is 2. The maximum absolute atomic E-state index is 14.5. The highest BCUT2D eigenvalue weighted by atomic mass is 19.1. The first-order valence-corrected chi connectivity index (χ1v) is 8.43. The van der Waals surface area contributed by atoms with Crippen LogP contribution in [0.3, 0.4) is 0 Å². The number of benzene rings is 2. The molecule has 0 unspecified atom stereocenters. The van der Waals surface area contributed by atoms with Crippen molar-refractivity contribution >= 4 is 5.82 Å². The SMILES string of the molecule is CC.Cc1cc(OCc2ccccc2)cc(F)c1-c1cnc(NN)cn1. The quantitative estimate of drug-likeness (QED) is 0.522. The molecule has 2 aromatic carbocycles. The number of ether oxygens (including phenoxy) is 1. The summed E-state index contributed by atoms with van der Waals surface area (Å²) in [4.78, 5) is 8.24. The molecule has 0 atom stereocenters. The number of hydrogen-bond donors (Lipinski definition) is 2. The van der Waals surface area contributed by atoms with Gasteiger partial charge in [0.2, 0.25) is 0 Å². The highest BCUT2D eigenvalue weighted by molar-refractivity contribution is 5.65. The van der Waals surface area contributed by atoms with Crippen molar-refractivity contribution in [2.24, 2.45) is 5.84 Å². The van der Waals surface area contributed by atoms with Crippen molar-refractivity contribution in [3.8, 4) is 17.0 Å². The maximum atomic E-state index is 14.5. The van der Waals surface area contributed by atoms with Crippen LogP contribution in [-0.4, -0.2) is 9.97 Å². The van der Waals surface area contributed by atoms with Gasteiger partial charge in [0.15, 0.2) is 5.82 Å². The molecule has 0 aliphatic heterocycles. The molecule has 0 radical (unpaired) electrons. The molecule has 1 heterocycles. The van der Waals surface area contributed by atoms with Crippen LogP contribution >= 0.6 is 0 Å². The zero-order valence-corrected chi connectivity index (χ0v) is 15.2. The molecule has 0 spiro atoms. The van der Waals surface area contributed by atoms with Crippen molar-refractivity contribution in [3.63, 3.8) is 0 Å². The van der Waals surface area contributed by atoms with Gasteiger partial charge in [-0.25, -0.2) is 15.2 Å². The Labute approximate surface area is 153 Å². The third-order valence-corrected chi connectivity index (χ3v) is 3.57. The molecule has 3 N–H and O–H groups in total. The minimum Gasteiger partial charge on any atom is -0.489 e. The Kier molecular flexibility index (Phi) is 7.05. The highest BCUT2D eigenvalue weighted by Gasteiger charge is 2.13. The van der Waals surface area contributed by atoms with E-state index in [0.717, 1.165) is 11.1 Å². The van der Waals surface area contributed by atoms with E-state index in [1.54, 1.807) is 6.07 Å². The molecular formula is C20H23FN4O. The molecule has 0 saturated heterocycles. The molecular weight excluding hydrogens is 331 g/mol. The predicted octanol–water partition coefficient (Wildman–Crippen LogP) is 4.48. The second-order valence-corrected chi connectivity index (χ2v) is 5.30. The average molecular weight is 354 g/mol. The Morgan fingerprint density at radius 3 is 2.38 bits per heavy atom. The molecule has 0 aliphatic carbocycles. The van der Waals surface area contributed by atoms with Gasteiger partial charge < -0.3 is 10.2 Å². The Morgan fingerprint density at radius 1 is 1.08 bits per heavy atom. The standard InChI is InChI=1S/C18H17FN4O.C2H6/c1-12-7-14(24-11-13-5-3-2-4-6-13)8-15(19)18(12)16-9-22-17(23-20)10-21-16;1-2/h2-10H,11,20H2,1H3,(H,22,23);1-2H3. The third kappa shape index (κ3) is 4.77. The summed E-state index contributed by atoms with van der Waals surface area (Å²) in [5, 5.41) is 0. The fourth-order valence-electron chi connectivity index (χ4n) is 2.39. The van der Waals surface area contributed by atoms with Crippen molar-refractivity contribution in [3.05, 3.63) is 71.8 Å². The van der Waals surface area contributed by atoms with Crippen molar-refractivity contribution < 1.29 is 9.13 Å². The summed E-state index contributed by atoms with van der Waals surface area (Å²) in [7, 11) is 0. The first-order chi connectivity index (χ1) is 12.7. The van der Waals surface area contributed by atoms with Gasteiger partial charge in [0.1, 0.15) is 18.2 Å². The Hall–Kier alpha value is -2.99. The Bertz CT molecular complexity index is 800.